The van der Waals surface area contributed by atoms with Gasteiger partial charge in [0.15, 0.2) is 5.82 Å². The number of nitrogens with one attached hydrogen (secondary N) is 1. The summed E-state index contributed by atoms with van der Waals surface area (Å²) in [5.74, 6) is -0.574. The fraction of sp³-hybridized carbons (Fsp3) is 0.435. The summed E-state index contributed by atoms with van der Waals surface area (Å²) in [4.78, 5) is 29.5. The van der Waals surface area contributed by atoms with Gasteiger partial charge >= 0.3 is 12.1 Å². The van der Waals surface area contributed by atoms with Crippen molar-refractivity contribution >= 4 is 22.7 Å². The zero-order valence-electron chi connectivity index (χ0n) is 19.0. The van der Waals surface area contributed by atoms with Crippen molar-refractivity contribution in [1.82, 2.24) is 25.3 Å². The van der Waals surface area contributed by atoms with Gasteiger partial charge in [0.25, 0.3) is 0 Å². The molecular formula is C23H25F3N6O3. The summed E-state index contributed by atoms with van der Waals surface area (Å²) in [5, 5.41) is 11.7. The lowest BCUT2D eigenvalue weighted by Crippen LogP contribution is -2.41. The predicted octanol–water partition coefficient (Wildman–Crippen LogP) is 3.31. The molecule has 0 aromatic carbocycles. The molecule has 0 saturated carbocycles. The van der Waals surface area contributed by atoms with Crippen LogP contribution in [0.1, 0.15) is 19.3 Å². The fourth-order valence-electron chi connectivity index (χ4n) is 4.45. The lowest BCUT2D eigenvalue weighted by Gasteiger charge is -2.39. The van der Waals surface area contributed by atoms with Crippen molar-refractivity contribution in [2.45, 2.75) is 25.4 Å². The molecule has 5 heterocycles. The maximum Gasteiger partial charge on any atom is 0.490 e. The highest BCUT2D eigenvalue weighted by Gasteiger charge is 2.38. The van der Waals surface area contributed by atoms with Crippen molar-refractivity contribution < 1.29 is 27.8 Å². The molecule has 9 nitrogen and oxygen atoms in total. The molecule has 2 fully saturated rings. The Morgan fingerprint density at radius 2 is 1.80 bits per heavy atom. The number of alkyl halides is 3. The van der Waals surface area contributed by atoms with E-state index in [0.29, 0.717) is 17.1 Å². The number of rotatable bonds is 3. The van der Waals surface area contributed by atoms with Gasteiger partial charge in [0.1, 0.15) is 11.3 Å². The average Bonchev–Trinajstić information content (AvgIpc) is 3.31. The van der Waals surface area contributed by atoms with Gasteiger partial charge in [-0.05, 0) is 49.4 Å². The molecule has 1 spiro atoms. The third-order valence-electron chi connectivity index (χ3n) is 6.39. The molecule has 5 rings (SSSR count). The average molecular weight is 490 g/mol. The maximum absolute atomic E-state index is 10.6. The van der Waals surface area contributed by atoms with Gasteiger partial charge in [-0.3, -0.25) is 4.98 Å². The van der Waals surface area contributed by atoms with E-state index in [9.17, 15) is 13.2 Å². The van der Waals surface area contributed by atoms with E-state index in [1.807, 2.05) is 18.2 Å². The first-order valence-corrected chi connectivity index (χ1v) is 11.1. The second-order valence-electron chi connectivity index (χ2n) is 8.54. The number of hydrogen-bond acceptors (Lipinski definition) is 8. The zero-order valence-corrected chi connectivity index (χ0v) is 19.0. The van der Waals surface area contributed by atoms with Crippen LogP contribution < -0.4 is 15.0 Å². The number of hydrogen-bond donors (Lipinski definition) is 2. The second-order valence-corrected chi connectivity index (χ2v) is 8.54. The van der Waals surface area contributed by atoms with Gasteiger partial charge in [0.2, 0.25) is 5.88 Å². The van der Waals surface area contributed by atoms with Crippen molar-refractivity contribution in [2.75, 3.05) is 38.2 Å². The Morgan fingerprint density at radius 1 is 1.11 bits per heavy atom. The molecule has 2 N–H and O–H groups in total. The lowest BCUT2D eigenvalue weighted by atomic mass is 9.78. The number of aromatic nitrogens is 4. The van der Waals surface area contributed by atoms with Crippen LogP contribution in [0.25, 0.3) is 22.3 Å². The summed E-state index contributed by atoms with van der Waals surface area (Å²) in [7, 11) is 1.63. The van der Waals surface area contributed by atoms with E-state index in [4.69, 9.17) is 24.6 Å². The van der Waals surface area contributed by atoms with Crippen molar-refractivity contribution in [2.24, 2.45) is 5.41 Å². The van der Waals surface area contributed by atoms with Gasteiger partial charge in [0.05, 0.1) is 12.5 Å². The number of pyridine rings is 2. The van der Waals surface area contributed by atoms with Gasteiger partial charge in [-0.15, -0.1) is 0 Å². The number of nitrogens with zero attached hydrogens (tertiary/aromatic N) is 5. The summed E-state index contributed by atoms with van der Waals surface area (Å²) < 4.78 is 37.2. The monoisotopic (exact) mass is 490 g/mol. The standard InChI is InChI=1S/C21H24N6O.C2HF3O2/c1-28-20-17-16(4-10-24-20)19(26-18(25-17)15-2-8-22-9-3-15)27-12-6-21(7-13-27)5-11-23-14-21;3-2(4,5)1(6)7/h2-4,8-10,23H,5-7,11-14H2,1H3;(H,6,7). The third kappa shape index (κ3) is 5.42. The molecule has 0 amide bonds. The fourth-order valence-corrected chi connectivity index (χ4v) is 4.45. The first kappa shape index (κ1) is 24.6. The molecule has 2 aliphatic heterocycles. The van der Waals surface area contributed by atoms with Gasteiger partial charge in [-0.1, -0.05) is 0 Å². The van der Waals surface area contributed by atoms with Crippen molar-refractivity contribution in [3.8, 4) is 17.3 Å². The van der Waals surface area contributed by atoms with Gasteiger partial charge < -0.3 is 20.1 Å². The van der Waals surface area contributed by atoms with Crippen molar-refractivity contribution in [3.05, 3.63) is 36.8 Å². The highest BCUT2D eigenvalue weighted by atomic mass is 19.4. The maximum atomic E-state index is 10.6. The smallest absolute Gasteiger partial charge is 0.479 e. The topological polar surface area (TPSA) is 113 Å². The summed E-state index contributed by atoms with van der Waals surface area (Å²) in [6.45, 7) is 4.30. The minimum absolute atomic E-state index is 0.465. The SMILES string of the molecule is COc1nccc2c(N3CCC4(CCNC4)CC3)nc(-c3ccncc3)nc12.O=C(O)C(F)(F)F. The Hall–Kier alpha value is -3.54. The van der Waals surface area contributed by atoms with Crippen LogP contribution in [0.5, 0.6) is 5.88 Å². The number of ether oxygens (including phenoxy) is 1. The molecule has 0 radical (unpaired) electrons. The van der Waals surface area contributed by atoms with Crippen molar-refractivity contribution in [3.63, 3.8) is 0 Å². The minimum atomic E-state index is -5.08. The van der Waals surface area contributed by atoms with Crippen LogP contribution in [0, 0.1) is 5.41 Å². The minimum Gasteiger partial charge on any atom is -0.479 e. The van der Waals surface area contributed by atoms with Crippen LogP contribution in [-0.4, -0.2) is 70.5 Å². The molecule has 3 aromatic heterocycles. The molecule has 2 aliphatic rings. The van der Waals surface area contributed by atoms with Crippen LogP contribution in [0.4, 0.5) is 19.0 Å². The summed E-state index contributed by atoms with van der Waals surface area (Å²) in [5.41, 5.74) is 2.16. The van der Waals surface area contributed by atoms with Crippen LogP contribution in [0.15, 0.2) is 36.8 Å². The zero-order chi connectivity index (χ0) is 25.1. The van der Waals surface area contributed by atoms with E-state index >= 15 is 0 Å². The van der Waals surface area contributed by atoms with E-state index in [1.54, 1.807) is 25.7 Å². The molecule has 0 aliphatic carbocycles. The largest absolute Gasteiger partial charge is 0.490 e. The molecule has 0 bridgehead atoms. The van der Waals surface area contributed by atoms with Gasteiger partial charge in [0, 0.05) is 43.8 Å². The summed E-state index contributed by atoms with van der Waals surface area (Å²) >= 11 is 0. The first-order valence-electron chi connectivity index (χ1n) is 11.1. The number of methoxy groups -OCH3 is 1. The van der Waals surface area contributed by atoms with Crippen LogP contribution >= 0.6 is 0 Å². The van der Waals surface area contributed by atoms with E-state index in [2.05, 4.69) is 20.2 Å². The number of aliphatic carboxylic acids is 1. The molecule has 186 valence electrons. The van der Waals surface area contributed by atoms with E-state index in [-0.39, 0.29) is 0 Å². The number of carboxylic acid groups (broad SMARTS) is 1. The first-order chi connectivity index (χ1) is 16.7. The quantitative estimate of drug-likeness (QED) is 0.571. The molecular weight excluding hydrogens is 465 g/mol. The molecule has 12 heteroatoms. The van der Waals surface area contributed by atoms with Crippen molar-refractivity contribution in [1.29, 1.82) is 0 Å². The summed E-state index contributed by atoms with van der Waals surface area (Å²) in [6.07, 6.45) is 3.88. The normalized spacial score (nSPS) is 17.2. The van der Waals surface area contributed by atoms with E-state index in [0.717, 1.165) is 48.5 Å². The third-order valence-corrected chi connectivity index (χ3v) is 6.39. The number of halogens is 3. The Kier molecular flexibility index (Phi) is 7.01. The Labute approximate surface area is 199 Å². The van der Waals surface area contributed by atoms with Gasteiger partial charge in [-0.2, -0.15) is 13.2 Å². The summed E-state index contributed by atoms with van der Waals surface area (Å²) in [6, 6.07) is 5.86. The number of carboxylic acids is 1. The lowest BCUT2D eigenvalue weighted by molar-refractivity contribution is -0.192. The van der Waals surface area contributed by atoms with E-state index < -0.39 is 12.1 Å². The molecule has 0 unspecified atom stereocenters. The molecule has 2 saturated heterocycles. The van der Waals surface area contributed by atoms with Crippen LogP contribution in [0.2, 0.25) is 0 Å². The Morgan fingerprint density at radius 3 is 2.37 bits per heavy atom. The van der Waals surface area contributed by atoms with Crippen LogP contribution in [-0.2, 0) is 4.79 Å². The number of carbonyl (C=O) groups is 1. The molecule has 0 atom stereocenters. The number of piperidine rings is 1. The number of anilines is 1. The predicted molar refractivity (Wildman–Crippen MR) is 122 cm³/mol. The Balaban J connectivity index is 0.000000364. The van der Waals surface area contributed by atoms with Crippen LogP contribution in [0.3, 0.4) is 0 Å². The second kappa shape index (κ2) is 9.98. The molecule has 35 heavy (non-hydrogen) atoms. The van der Waals surface area contributed by atoms with Gasteiger partial charge in [-0.25, -0.2) is 19.7 Å². The highest BCUT2D eigenvalue weighted by molar-refractivity contribution is 5.93. The van der Waals surface area contributed by atoms with E-state index in [1.165, 1.54) is 19.3 Å². The molecule has 3 aromatic rings. The highest BCUT2D eigenvalue weighted by Crippen LogP contribution is 2.40. The number of fused-ring (bicyclic) bond motifs is 1. The Bertz CT molecular complexity index is 1180.